The Labute approximate surface area is 129 Å². The Kier molecular flexibility index (Phi) is 3.15. The number of rotatable bonds is 3. The van der Waals surface area contributed by atoms with Gasteiger partial charge in [-0.25, -0.2) is 13.1 Å². The summed E-state index contributed by atoms with van der Waals surface area (Å²) in [5.74, 6) is 0.741. The second-order valence-corrected chi connectivity index (χ2v) is 7.97. The number of sulfonamides is 1. The number of hydrogen-bond donors (Lipinski definition) is 2. The SMILES string of the molecule is O=S(=O)(NC1CC(O)C12CCC2)c1cccc2c1OCCO2. The fourth-order valence-corrected chi connectivity index (χ4v) is 5.20. The first-order chi connectivity index (χ1) is 10.5. The van der Waals surface area contributed by atoms with E-state index in [2.05, 4.69) is 4.72 Å². The minimum atomic E-state index is -3.70. The summed E-state index contributed by atoms with van der Waals surface area (Å²) in [7, 11) is -3.70. The zero-order chi connectivity index (χ0) is 15.4. The van der Waals surface area contributed by atoms with Crippen LogP contribution in [0.4, 0.5) is 0 Å². The predicted octanol–water partition coefficient (Wildman–Crippen LogP) is 1.04. The van der Waals surface area contributed by atoms with Crippen LogP contribution in [0.25, 0.3) is 0 Å². The van der Waals surface area contributed by atoms with E-state index in [-0.39, 0.29) is 22.1 Å². The zero-order valence-corrected chi connectivity index (χ0v) is 12.9. The van der Waals surface area contributed by atoms with Crippen molar-refractivity contribution in [3.8, 4) is 11.5 Å². The summed E-state index contributed by atoms with van der Waals surface area (Å²) in [6.07, 6.45) is 2.90. The predicted molar refractivity (Wildman–Crippen MR) is 78.4 cm³/mol. The van der Waals surface area contributed by atoms with Crippen molar-refractivity contribution in [3.63, 3.8) is 0 Å². The molecule has 2 aliphatic carbocycles. The van der Waals surface area contributed by atoms with Gasteiger partial charge >= 0.3 is 0 Å². The number of fused-ring (bicyclic) bond motifs is 1. The summed E-state index contributed by atoms with van der Waals surface area (Å²) < 4.78 is 39.1. The first kappa shape index (κ1) is 14.3. The summed E-state index contributed by atoms with van der Waals surface area (Å²) in [6.45, 7) is 0.757. The second kappa shape index (κ2) is 4.84. The van der Waals surface area contributed by atoms with E-state index in [1.807, 2.05) is 0 Å². The zero-order valence-electron chi connectivity index (χ0n) is 12.1. The van der Waals surface area contributed by atoms with Crippen LogP contribution in [0.5, 0.6) is 11.5 Å². The molecule has 1 aliphatic heterocycles. The average Bonchev–Trinajstić information content (AvgIpc) is 2.44. The highest BCUT2D eigenvalue weighted by Crippen LogP contribution is 2.56. The molecule has 2 atom stereocenters. The molecule has 0 aromatic heterocycles. The van der Waals surface area contributed by atoms with E-state index in [4.69, 9.17) is 9.47 Å². The molecule has 0 saturated heterocycles. The standard InChI is InChI=1S/C15H19NO5S/c17-13-9-12(15(13)5-2-6-15)16-22(18,19)11-4-1-3-10-14(11)21-8-7-20-10/h1,3-4,12-13,16-17H,2,5-9H2. The Morgan fingerprint density at radius 3 is 2.68 bits per heavy atom. The Hall–Kier alpha value is -1.31. The first-order valence-corrected chi connectivity index (χ1v) is 9.10. The summed E-state index contributed by atoms with van der Waals surface area (Å²) in [5, 5.41) is 9.97. The molecule has 0 radical (unpaired) electrons. The summed E-state index contributed by atoms with van der Waals surface area (Å²) in [6, 6.07) is 4.69. The molecule has 2 N–H and O–H groups in total. The van der Waals surface area contributed by atoms with Gasteiger partial charge in [0.1, 0.15) is 18.1 Å². The number of hydrogen-bond acceptors (Lipinski definition) is 5. The molecule has 2 unspecified atom stereocenters. The van der Waals surface area contributed by atoms with Crippen molar-refractivity contribution in [1.82, 2.24) is 4.72 Å². The lowest BCUT2D eigenvalue weighted by molar-refractivity contribution is -0.138. The second-order valence-electron chi connectivity index (χ2n) is 6.29. The largest absolute Gasteiger partial charge is 0.486 e. The summed E-state index contributed by atoms with van der Waals surface area (Å²) in [5.41, 5.74) is -0.251. The molecule has 2 saturated carbocycles. The van der Waals surface area contributed by atoms with Crippen molar-refractivity contribution in [2.45, 2.75) is 42.7 Å². The maximum absolute atomic E-state index is 12.7. The van der Waals surface area contributed by atoms with Gasteiger partial charge in [0.2, 0.25) is 10.0 Å². The molecule has 0 amide bonds. The van der Waals surface area contributed by atoms with Gasteiger partial charge in [-0.1, -0.05) is 12.5 Å². The number of aliphatic hydroxyl groups excluding tert-OH is 1. The molecule has 120 valence electrons. The van der Waals surface area contributed by atoms with Gasteiger partial charge in [0.15, 0.2) is 11.5 Å². The Bertz CT molecular complexity index is 698. The van der Waals surface area contributed by atoms with Crippen molar-refractivity contribution in [3.05, 3.63) is 18.2 Å². The molecule has 7 heteroatoms. The van der Waals surface area contributed by atoms with E-state index in [0.717, 1.165) is 19.3 Å². The molecule has 3 aliphatic rings. The Balaban J connectivity index is 1.62. The van der Waals surface area contributed by atoms with Crippen LogP contribution in [0.3, 0.4) is 0 Å². The summed E-state index contributed by atoms with van der Waals surface area (Å²) >= 11 is 0. The fourth-order valence-electron chi connectivity index (χ4n) is 3.71. The van der Waals surface area contributed by atoms with Gasteiger partial charge < -0.3 is 14.6 Å². The van der Waals surface area contributed by atoms with Crippen LogP contribution in [0.1, 0.15) is 25.7 Å². The third-order valence-electron chi connectivity index (χ3n) is 5.22. The third-order valence-corrected chi connectivity index (χ3v) is 6.71. The van der Waals surface area contributed by atoms with Gasteiger partial charge in [-0.3, -0.25) is 0 Å². The van der Waals surface area contributed by atoms with Crippen LogP contribution in [0, 0.1) is 5.41 Å². The minimum Gasteiger partial charge on any atom is -0.486 e. The maximum Gasteiger partial charge on any atom is 0.244 e. The highest BCUT2D eigenvalue weighted by molar-refractivity contribution is 7.89. The molecule has 1 heterocycles. The lowest BCUT2D eigenvalue weighted by Gasteiger charge is -2.59. The Morgan fingerprint density at radius 1 is 1.23 bits per heavy atom. The van der Waals surface area contributed by atoms with Crippen molar-refractivity contribution in [2.24, 2.45) is 5.41 Å². The van der Waals surface area contributed by atoms with Crippen molar-refractivity contribution in [1.29, 1.82) is 0 Å². The minimum absolute atomic E-state index is 0.112. The van der Waals surface area contributed by atoms with Crippen LogP contribution in [0.15, 0.2) is 23.1 Å². The first-order valence-electron chi connectivity index (χ1n) is 7.62. The van der Waals surface area contributed by atoms with E-state index in [0.29, 0.717) is 25.4 Å². The highest BCUT2D eigenvalue weighted by Gasteiger charge is 2.58. The lowest BCUT2D eigenvalue weighted by atomic mass is 9.51. The molecule has 1 aromatic rings. The fraction of sp³-hybridized carbons (Fsp3) is 0.600. The van der Waals surface area contributed by atoms with Gasteiger partial charge in [0.05, 0.1) is 6.10 Å². The van der Waals surface area contributed by atoms with Gasteiger partial charge in [0.25, 0.3) is 0 Å². The van der Waals surface area contributed by atoms with E-state index in [9.17, 15) is 13.5 Å². The average molecular weight is 325 g/mol. The quantitative estimate of drug-likeness (QED) is 0.867. The van der Waals surface area contributed by atoms with Gasteiger partial charge in [-0.2, -0.15) is 0 Å². The molecule has 6 nitrogen and oxygen atoms in total. The molecule has 1 aromatic carbocycles. The molecule has 4 rings (SSSR count). The van der Waals surface area contributed by atoms with Crippen LogP contribution in [-0.2, 0) is 10.0 Å². The molecule has 2 fully saturated rings. The number of ether oxygens (including phenoxy) is 2. The van der Waals surface area contributed by atoms with Crippen LogP contribution < -0.4 is 14.2 Å². The van der Waals surface area contributed by atoms with Crippen molar-refractivity contribution in [2.75, 3.05) is 13.2 Å². The van der Waals surface area contributed by atoms with Crippen LogP contribution in [0.2, 0.25) is 0 Å². The van der Waals surface area contributed by atoms with Crippen molar-refractivity contribution >= 4 is 10.0 Å². The summed E-state index contributed by atoms with van der Waals surface area (Å²) in [4.78, 5) is 0.112. The molecular formula is C15H19NO5S. The van der Waals surface area contributed by atoms with E-state index < -0.39 is 16.1 Å². The monoisotopic (exact) mass is 325 g/mol. The van der Waals surface area contributed by atoms with Gasteiger partial charge in [0, 0.05) is 11.5 Å². The molecule has 0 bridgehead atoms. The van der Waals surface area contributed by atoms with E-state index in [1.54, 1.807) is 12.1 Å². The number of benzene rings is 1. The highest BCUT2D eigenvalue weighted by atomic mass is 32.2. The smallest absolute Gasteiger partial charge is 0.244 e. The van der Waals surface area contributed by atoms with Gasteiger partial charge in [-0.15, -0.1) is 0 Å². The maximum atomic E-state index is 12.7. The topological polar surface area (TPSA) is 84.9 Å². The van der Waals surface area contributed by atoms with E-state index in [1.165, 1.54) is 6.07 Å². The lowest BCUT2D eigenvalue weighted by Crippen LogP contribution is -2.66. The van der Waals surface area contributed by atoms with Crippen molar-refractivity contribution < 1.29 is 23.0 Å². The van der Waals surface area contributed by atoms with Gasteiger partial charge in [-0.05, 0) is 31.4 Å². The number of aliphatic hydroxyl groups is 1. The molecular weight excluding hydrogens is 306 g/mol. The van der Waals surface area contributed by atoms with Crippen LogP contribution in [-0.4, -0.2) is 38.9 Å². The van der Waals surface area contributed by atoms with E-state index >= 15 is 0 Å². The third kappa shape index (κ3) is 1.96. The number of para-hydroxylation sites is 1. The van der Waals surface area contributed by atoms with Crippen LogP contribution >= 0.6 is 0 Å². The molecule has 1 spiro atoms. The number of nitrogens with one attached hydrogen (secondary N) is 1. The molecule has 22 heavy (non-hydrogen) atoms. The normalized spacial score (nSPS) is 28.8. The Morgan fingerprint density at radius 2 is 2.00 bits per heavy atom.